The van der Waals surface area contributed by atoms with E-state index in [1.807, 2.05) is 9.80 Å². The monoisotopic (exact) mass is 574 g/mol. The minimum atomic E-state index is -2.90. The summed E-state index contributed by atoms with van der Waals surface area (Å²) < 4.78 is 33.1. The number of halogens is 2. The minimum absolute atomic E-state index is 0.0146. The molecule has 2 amide bonds. The topological polar surface area (TPSA) is 147 Å². The van der Waals surface area contributed by atoms with Gasteiger partial charge in [-0.25, -0.2) is 18.7 Å². The summed E-state index contributed by atoms with van der Waals surface area (Å²) in [6.07, 6.45) is 3.35. The molecule has 0 aliphatic carbocycles. The minimum Gasteiger partial charge on any atom is -0.378 e. The zero-order valence-corrected chi connectivity index (χ0v) is 23.4. The molecule has 13 nitrogen and oxygen atoms in total. The Hall–Kier alpha value is -4.01. The molecule has 2 fully saturated rings. The molecular formula is C26H36F2N10O3. The molecule has 2 aliphatic rings. The van der Waals surface area contributed by atoms with E-state index in [4.69, 9.17) is 10.5 Å². The van der Waals surface area contributed by atoms with Gasteiger partial charge in [0, 0.05) is 65.5 Å². The van der Waals surface area contributed by atoms with Crippen molar-refractivity contribution in [3.05, 3.63) is 24.0 Å². The summed E-state index contributed by atoms with van der Waals surface area (Å²) >= 11 is 0. The molecule has 2 aromatic heterocycles. The van der Waals surface area contributed by atoms with Crippen molar-refractivity contribution in [2.45, 2.75) is 32.6 Å². The molecule has 4 heterocycles. The Morgan fingerprint density at radius 3 is 2.32 bits per heavy atom. The highest BCUT2D eigenvalue weighted by Gasteiger charge is 2.27. The maximum atomic E-state index is 13.8. The van der Waals surface area contributed by atoms with Crippen LogP contribution in [0, 0.1) is 0 Å². The third-order valence-corrected chi connectivity index (χ3v) is 6.93. The van der Waals surface area contributed by atoms with Crippen molar-refractivity contribution in [3.63, 3.8) is 0 Å². The summed E-state index contributed by atoms with van der Waals surface area (Å²) in [4.78, 5) is 53.2. The van der Waals surface area contributed by atoms with Gasteiger partial charge >= 0.3 is 0 Å². The largest absolute Gasteiger partial charge is 0.378 e. The Kier molecular flexibility index (Phi) is 10.3. The zero-order valence-electron chi connectivity index (χ0n) is 23.4. The highest BCUT2D eigenvalue weighted by Crippen LogP contribution is 2.30. The number of likely N-dealkylation sites (N-methyl/N-ethyl adjacent to an activating group) is 1. The Balaban J connectivity index is 1.43. The van der Waals surface area contributed by atoms with Crippen molar-refractivity contribution < 1.29 is 23.1 Å². The van der Waals surface area contributed by atoms with E-state index in [-0.39, 0.29) is 29.2 Å². The molecule has 15 heteroatoms. The molecule has 2 saturated heterocycles. The van der Waals surface area contributed by atoms with Gasteiger partial charge in [0.2, 0.25) is 29.7 Å². The normalized spacial score (nSPS) is 16.1. The average molecular weight is 575 g/mol. The number of aromatic nitrogens is 5. The number of piperazine rings is 1. The first-order valence-corrected chi connectivity index (χ1v) is 13.7. The summed E-state index contributed by atoms with van der Waals surface area (Å²) in [5.41, 5.74) is 5.00. The molecule has 4 rings (SSSR count). The molecule has 0 unspecified atom stereocenters. The molecule has 2 N–H and O–H groups in total. The Labute approximate surface area is 237 Å². The number of carbonyl (C=O) groups excluding carboxylic acids is 2. The number of rotatable bonds is 10. The van der Waals surface area contributed by atoms with Gasteiger partial charge in [0.1, 0.15) is 5.69 Å². The maximum Gasteiger partial charge on any atom is 0.281 e. The molecule has 0 saturated carbocycles. The fourth-order valence-corrected chi connectivity index (χ4v) is 4.59. The van der Waals surface area contributed by atoms with Crippen LogP contribution in [0.3, 0.4) is 0 Å². The lowest BCUT2D eigenvalue weighted by molar-refractivity contribution is -0.131. The van der Waals surface area contributed by atoms with E-state index in [1.54, 1.807) is 29.8 Å². The summed E-state index contributed by atoms with van der Waals surface area (Å²) in [7, 11) is 1.75. The van der Waals surface area contributed by atoms with E-state index in [0.29, 0.717) is 83.8 Å². The summed E-state index contributed by atoms with van der Waals surface area (Å²) in [6.45, 7) is 6.35. The van der Waals surface area contributed by atoms with Crippen LogP contribution >= 0.6 is 0 Å². The molecule has 0 radical (unpaired) electrons. The van der Waals surface area contributed by atoms with Crippen LogP contribution in [0.25, 0.3) is 11.4 Å². The zero-order chi connectivity index (χ0) is 29.4. The lowest BCUT2D eigenvalue weighted by atomic mass is 10.2. The van der Waals surface area contributed by atoms with E-state index in [0.717, 1.165) is 6.42 Å². The van der Waals surface area contributed by atoms with E-state index in [1.165, 1.54) is 12.3 Å². The van der Waals surface area contributed by atoms with Crippen LogP contribution in [-0.4, -0.2) is 113 Å². The molecule has 0 atom stereocenters. The van der Waals surface area contributed by atoms with Crippen LogP contribution < -0.4 is 15.5 Å². The Morgan fingerprint density at radius 2 is 1.68 bits per heavy atom. The van der Waals surface area contributed by atoms with Crippen molar-refractivity contribution in [2.75, 3.05) is 81.6 Å². The first kappa shape index (κ1) is 30.0. The number of unbranched alkanes of at least 4 members (excludes halogenated alkanes) is 1. The van der Waals surface area contributed by atoms with Gasteiger partial charge in [0.15, 0.2) is 5.82 Å². The molecule has 0 spiro atoms. The van der Waals surface area contributed by atoms with Gasteiger partial charge in [0.05, 0.1) is 18.8 Å². The first-order valence-electron chi connectivity index (χ1n) is 13.7. The highest BCUT2D eigenvalue weighted by molar-refractivity contribution is 5.87. The Morgan fingerprint density at radius 1 is 1.02 bits per heavy atom. The molecule has 0 bridgehead atoms. The fraction of sp³-hybridized carbons (Fsp3) is 0.577. The van der Waals surface area contributed by atoms with Gasteiger partial charge in [-0.15, -0.1) is 0 Å². The number of hydrogen-bond acceptors (Lipinski definition) is 11. The number of nitrogen functional groups attached to an aromatic ring is 1. The average Bonchev–Trinajstić information content (AvgIpc) is 2.99. The lowest BCUT2D eigenvalue weighted by Gasteiger charge is -2.35. The van der Waals surface area contributed by atoms with Crippen LogP contribution in [0.1, 0.15) is 38.3 Å². The van der Waals surface area contributed by atoms with Crippen molar-refractivity contribution in [2.24, 2.45) is 0 Å². The third-order valence-electron chi connectivity index (χ3n) is 6.93. The molecule has 41 heavy (non-hydrogen) atoms. The van der Waals surface area contributed by atoms with Crippen LogP contribution in [-0.2, 0) is 14.3 Å². The predicted octanol–water partition coefficient (Wildman–Crippen LogP) is 1.54. The summed E-state index contributed by atoms with van der Waals surface area (Å²) in [5.74, 6) is 0.446. The van der Waals surface area contributed by atoms with Crippen LogP contribution in [0.5, 0.6) is 0 Å². The number of anilines is 3. The lowest BCUT2D eigenvalue weighted by Crippen LogP contribution is -2.49. The molecular weight excluding hydrogens is 538 g/mol. The van der Waals surface area contributed by atoms with Crippen LogP contribution in [0.15, 0.2) is 18.3 Å². The SMILES string of the molecule is C/C=C/C(=O)N(C)CCCCC(=O)N1CCN(c2nc(-c3cnc(N)nc3C(F)F)nc(N3CCOCC3)n2)CC1. The van der Waals surface area contributed by atoms with E-state index in [2.05, 4.69) is 24.9 Å². The van der Waals surface area contributed by atoms with Crippen LogP contribution in [0.2, 0.25) is 0 Å². The fourth-order valence-electron chi connectivity index (χ4n) is 4.59. The number of amides is 2. The van der Waals surface area contributed by atoms with Crippen molar-refractivity contribution >= 4 is 29.7 Å². The number of nitrogens with two attached hydrogens (primary N) is 1. The molecule has 0 aromatic carbocycles. The van der Waals surface area contributed by atoms with E-state index < -0.39 is 12.1 Å². The smallest absolute Gasteiger partial charge is 0.281 e. The number of allylic oxidation sites excluding steroid dienone is 1. The van der Waals surface area contributed by atoms with Gasteiger partial charge in [-0.1, -0.05) is 6.08 Å². The molecule has 2 aliphatic heterocycles. The summed E-state index contributed by atoms with van der Waals surface area (Å²) in [5, 5.41) is 0. The second kappa shape index (κ2) is 14.1. The van der Waals surface area contributed by atoms with Gasteiger partial charge < -0.3 is 30.1 Å². The quantitative estimate of drug-likeness (QED) is 0.326. The first-order chi connectivity index (χ1) is 19.8. The molecule has 2 aromatic rings. The Bertz CT molecular complexity index is 1230. The number of hydrogen-bond donors (Lipinski definition) is 1. The van der Waals surface area contributed by atoms with Gasteiger partial charge in [-0.3, -0.25) is 9.59 Å². The second-order valence-electron chi connectivity index (χ2n) is 9.77. The summed E-state index contributed by atoms with van der Waals surface area (Å²) in [6, 6.07) is 0. The van der Waals surface area contributed by atoms with Gasteiger partial charge in [-0.05, 0) is 25.8 Å². The second-order valence-corrected chi connectivity index (χ2v) is 9.77. The maximum absolute atomic E-state index is 13.8. The van der Waals surface area contributed by atoms with Crippen molar-refractivity contribution in [1.82, 2.24) is 34.7 Å². The van der Waals surface area contributed by atoms with E-state index >= 15 is 0 Å². The number of ether oxygens (including phenoxy) is 1. The van der Waals surface area contributed by atoms with Crippen LogP contribution in [0.4, 0.5) is 26.6 Å². The van der Waals surface area contributed by atoms with Gasteiger partial charge in [-0.2, -0.15) is 15.0 Å². The standard InChI is InChI=1S/C26H36F2N10O3/c1-3-6-19(39)35(2)8-5-4-7-20(40)36-9-11-37(12-10-36)25-32-23(18-17-30-24(29)31-21(18)22(27)28)33-26(34-25)38-13-15-41-16-14-38/h3,6,17,22H,4-5,7-16H2,1-2H3,(H2,29,30,31)/b6-3+. The number of morpholine rings is 1. The number of nitrogens with zero attached hydrogens (tertiary/aromatic N) is 9. The van der Waals surface area contributed by atoms with Crippen molar-refractivity contribution in [3.8, 4) is 11.4 Å². The van der Waals surface area contributed by atoms with Gasteiger partial charge in [0.25, 0.3) is 6.43 Å². The molecule has 222 valence electrons. The predicted molar refractivity (Wildman–Crippen MR) is 148 cm³/mol. The number of carbonyl (C=O) groups is 2. The number of alkyl halides is 2. The van der Waals surface area contributed by atoms with E-state index in [9.17, 15) is 18.4 Å². The highest BCUT2D eigenvalue weighted by atomic mass is 19.3. The van der Waals surface area contributed by atoms with Crippen molar-refractivity contribution in [1.29, 1.82) is 0 Å². The third kappa shape index (κ3) is 7.80.